The third-order valence-electron chi connectivity index (χ3n) is 8.21. The number of rotatable bonds is 9. The van der Waals surface area contributed by atoms with E-state index < -0.39 is 16.1 Å². The van der Waals surface area contributed by atoms with Crippen molar-refractivity contribution in [1.82, 2.24) is 9.80 Å². The van der Waals surface area contributed by atoms with Crippen LogP contribution in [0.3, 0.4) is 0 Å². The van der Waals surface area contributed by atoms with Crippen molar-refractivity contribution in [2.75, 3.05) is 38.1 Å². The zero-order valence-electron chi connectivity index (χ0n) is 27.1. The highest BCUT2D eigenvalue weighted by Gasteiger charge is 2.30. The first-order valence-electron chi connectivity index (χ1n) is 15.8. The van der Waals surface area contributed by atoms with Gasteiger partial charge in [-0.05, 0) is 88.2 Å². The lowest BCUT2D eigenvalue weighted by Gasteiger charge is -2.36. The lowest BCUT2D eigenvalue weighted by molar-refractivity contribution is -0.0177. The van der Waals surface area contributed by atoms with Crippen molar-refractivity contribution in [2.24, 2.45) is 5.92 Å². The molecule has 0 aromatic heterocycles. The summed E-state index contributed by atoms with van der Waals surface area (Å²) in [4.78, 5) is 18.2. The molecule has 3 aromatic carbocycles. The summed E-state index contributed by atoms with van der Waals surface area (Å²) in [6.45, 7) is 7.91. The van der Waals surface area contributed by atoms with E-state index in [0.29, 0.717) is 30.5 Å². The Labute approximate surface area is 278 Å². The third-order valence-corrected chi connectivity index (χ3v) is 9.86. The number of fused-ring (bicyclic) bond motifs is 1. The van der Waals surface area contributed by atoms with E-state index in [1.807, 2.05) is 25.1 Å². The predicted molar refractivity (Wildman–Crippen MR) is 182 cm³/mol. The van der Waals surface area contributed by atoms with Crippen molar-refractivity contribution in [3.05, 3.63) is 88.9 Å². The molecule has 46 heavy (non-hydrogen) atoms. The first kappa shape index (κ1) is 35.7. The Bertz CT molecular complexity index is 1520. The molecule has 0 bridgehead atoms. The predicted octanol–water partition coefficient (Wildman–Crippen LogP) is 6.07. The fourth-order valence-electron chi connectivity index (χ4n) is 5.54. The smallest absolute Gasteiger partial charge is 0.261 e. The molecule has 4 atom stereocenters. The van der Waals surface area contributed by atoms with Crippen LogP contribution in [-0.2, 0) is 21.3 Å². The van der Waals surface area contributed by atoms with E-state index >= 15 is 0 Å². The minimum absolute atomic E-state index is 0.0424. The van der Waals surface area contributed by atoms with Gasteiger partial charge in [-0.3, -0.25) is 14.4 Å². The van der Waals surface area contributed by atoms with Gasteiger partial charge in [-0.15, -0.1) is 0 Å². The van der Waals surface area contributed by atoms with E-state index in [4.69, 9.17) is 21.1 Å². The molecule has 1 aliphatic rings. The van der Waals surface area contributed by atoms with Gasteiger partial charge >= 0.3 is 0 Å². The lowest BCUT2D eigenvalue weighted by atomic mass is 10.0. The number of aliphatic hydroxyl groups is 1. The molecule has 250 valence electrons. The number of halogens is 1. The Morgan fingerprint density at radius 3 is 2.48 bits per heavy atom. The summed E-state index contributed by atoms with van der Waals surface area (Å²) < 4.78 is 41.6. The van der Waals surface area contributed by atoms with Gasteiger partial charge in [-0.2, -0.15) is 0 Å². The van der Waals surface area contributed by atoms with Crippen LogP contribution in [0.25, 0.3) is 0 Å². The number of hydrogen-bond donors (Lipinski definition) is 2. The highest BCUT2D eigenvalue weighted by molar-refractivity contribution is 7.92. The van der Waals surface area contributed by atoms with Crippen LogP contribution in [0.1, 0.15) is 56.0 Å². The topological polar surface area (TPSA) is 108 Å². The summed E-state index contributed by atoms with van der Waals surface area (Å²) >= 11 is 5.95. The van der Waals surface area contributed by atoms with E-state index in [1.54, 1.807) is 24.0 Å². The first-order valence-corrected chi connectivity index (χ1v) is 17.7. The van der Waals surface area contributed by atoms with E-state index in [-0.39, 0.29) is 46.8 Å². The SMILES string of the molecule is C[C@@H]1CCCCO[C@H](CN(C)Cc2ccccc2)[C@@H](C)CN([C@@H](C)CO)C(=O)c2cc(NS(=O)(=O)c3ccc(Cl)cc3)ccc2O1. The quantitative estimate of drug-likeness (QED) is 0.284. The molecule has 0 aliphatic carbocycles. The van der Waals surface area contributed by atoms with E-state index in [2.05, 4.69) is 35.7 Å². The number of nitrogens with zero attached hydrogens (tertiary/aromatic N) is 2. The molecule has 0 fully saturated rings. The average Bonchev–Trinajstić information content (AvgIpc) is 3.03. The Balaban J connectivity index is 1.64. The van der Waals surface area contributed by atoms with Crippen LogP contribution < -0.4 is 9.46 Å². The third kappa shape index (κ3) is 9.92. The maximum absolute atomic E-state index is 14.3. The Hall–Kier alpha value is -3.15. The van der Waals surface area contributed by atoms with Crippen molar-refractivity contribution in [2.45, 2.75) is 69.7 Å². The van der Waals surface area contributed by atoms with Crippen molar-refractivity contribution < 1.29 is 27.8 Å². The minimum atomic E-state index is -3.95. The average molecular weight is 672 g/mol. The fraction of sp³-hybridized carbons (Fsp3) is 0.457. The van der Waals surface area contributed by atoms with Gasteiger partial charge in [0.15, 0.2) is 0 Å². The molecule has 1 amide bonds. The van der Waals surface area contributed by atoms with Crippen LogP contribution in [0.5, 0.6) is 5.75 Å². The molecule has 4 rings (SSSR count). The molecular weight excluding hydrogens is 626 g/mol. The normalized spacial score (nSPS) is 20.8. The second kappa shape index (κ2) is 16.6. The number of benzene rings is 3. The number of ether oxygens (including phenoxy) is 2. The number of anilines is 1. The van der Waals surface area contributed by atoms with Gasteiger partial charge in [-0.25, -0.2) is 8.42 Å². The molecule has 1 aliphatic heterocycles. The Morgan fingerprint density at radius 1 is 1.07 bits per heavy atom. The number of carbonyl (C=O) groups excluding carboxylic acids is 1. The molecule has 0 saturated carbocycles. The van der Waals surface area contributed by atoms with Crippen LogP contribution in [-0.4, -0.2) is 80.8 Å². The number of amides is 1. The van der Waals surface area contributed by atoms with Crippen molar-refractivity contribution in [3.8, 4) is 5.75 Å². The van der Waals surface area contributed by atoms with Crippen LogP contribution in [0.4, 0.5) is 5.69 Å². The summed E-state index contributed by atoms with van der Waals surface area (Å²) in [6.07, 6.45) is 2.16. The standard InChI is InChI=1S/C35H46ClN3O6S/c1-25-21-39(26(2)24-40)35(41)32-20-30(37-46(42,43)31-16-13-29(36)14-17-31)15-18-33(32)45-27(3)10-8-9-19-44-34(25)23-38(4)22-28-11-6-5-7-12-28/h5-7,11-18,20,25-27,34,37,40H,8-10,19,21-24H2,1-4H3/t25-,26-,27+,34+/m0/s1. The van der Waals surface area contributed by atoms with Gasteiger partial charge in [0.2, 0.25) is 0 Å². The van der Waals surface area contributed by atoms with Crippen LogP contribution in [0, 0.1) is 5.92 Å². The molecule has 0 saturated heterocycles. The second-order valence-electron chi connectivity index (χ2n) is 12.3. The number of likely N-dealkylation sites (N-methyl/N-ethyl adjacent to an activating group) is 1. The van der Waals surface area contributed by atoms with E-state index in [9.17, 15) is 18.3 Å². The number of nitrogens with one attached hydrogen (secondary N) is 1. The molecule has 11 heteroatoms. The Morgan fingerprint density at radius 2 is 1.78 bits per heavy atom. The maximum atomic E-state index is 14.3. The molecule has 0 unspecified atom stereocenters. The van der Waals surface area contributed by atoms with Gasteiger partial charge in [-0.1, -0.05) is 48.9 Å². The van der Waals surface area contributed by atoms with E-state index in [0.717, 1.165) is 25.8 Å². The van der Waals surface area contributed by atoms with Crippen LogP contribution in [0.15, 0.2) is 77.7 Å². The van der Waals surface area contributed by atoms with Crippen molar-refractivity contribution in [1.29, 1.82) is 0 Å². The largest absolute Gasteiger partial charge is 0.490 e. The van der Waals surface area contributed by atoms with Gasteiger partial charge in [0.25, 0.3) is 15.9 Å². The molecule has 1 heterocycles. The van der Waals surface area contributed by atoms with Gasteiger partial charge in [0.05, 0.1) is 35.3 Å². The van der Waals surface area contributed by atoms with Gasteiger partial charge in [0, 0.05) is 42.9 Å². The van der Waals surface area contributed by atoms with Crippen molar-refractivity contribution in [3.63, 3.8) is 0 Å². The highest BCUT2D eigenvalue weighted by atomic mass is 35.5. The van der Waals surface area contributed by atoms with Gasteiger partial charge < -0.3 is 19.5 Å². The lowest BCUT2D eigenvalue weighted by Crippen LogP contribution is -2.47. The molecule has 3 aromatic rings. The molecule has 9 nitrogen and oxygen atoms in total. The summed E-state index contributed by atoms with van der Waals surface area (Å²) in [5.41, 5.74) is 1.64. The van der Waals surface area contributed by atoms with Crippen LogP contribution in [0.2, 0.25) is 5.02 Å². The highest BCUT2D eigenvalue weighted by Crippen LogP contribution is 2.30. The molecular formula is C35H46ClN3O6S. The van der Waals surface area contributed by atoms with Crippen molar-refractivity contribution >= 4 is 33.2 Å². The molecule has 0 spiro atoms. The zero-order chi connectivity index (χ0) is 33.3. The summed E-state index contributed by atoms with van der Waals surface area (Å²) in [6, 6.07) is 20.3. The molecule has 2 N–H and O–H groups in total. The number of hydrogen-bond acceptors (Lipinski definition) is 7. The number of carbonyl (C=O) groups is 1. The van der Waals surface area contributed by atoms with E-state index in [1.165, 1.54) is 35.9 Å². The van der Waals surface area contributed by atoms with Gasteiger partial charge in [0.1, 0.15) is 5.75 Å². The minimum Gasteiger partial charge on any atom is -0.490 e. The number of sulfonamides is 1. The first-order chi connectivity index (χ1) is 22.0. The summed E-state index contributed by atoms with van der Waals surface area (Å²) in [7, 11) is -1.89. The summed E-state index contributed by atoms with van der Waals surface area (Å²) in [5, 5.41) is 10.6. The number of aliphatic hydroxyl groups excluding tert-OH is 1. The van der Waals surface area contributed by atoms with Crippen LogP contribution >= 0.6 is 11.6 Å². The maximum Gasteiger partial charge on any atom is 0.261 e. The monoisotopic (exact) mass is 671 g/mol. The molecule has 0 radical (unpaired) electrons. The second-order valence-corrected chi connectivity index (χ2v) is 14.4. The summed E-state index contributed by atoms with van der Waals surface area (Å²) in [5.74, 6) is -0.0761. The fourth-order valence-corrected chi connectivity index (χ4v) is 6.72. The zero-order valence-corrected chi connectivity index (χ0v) is 28.6. The Kier molecular flexibility index (Phi) is 12.9.